The first kappa shape index (κ1) is 13.9. The molecule has 2 nitrogen and oxygen atoms in total. The lowest BCUT2D eigenvalue weighted by Gasteiger charge is -2.23. The first-order valence-electron chi connectivity index (χ1n) is 6.62. The normalized spacial score (nSPS) is 15.3. The van der Waals surface area contributed by atoms with E-state index in [4.69, 9.17) is 22.1 Å². The molecule has 0 radical (unpaired) electrons. The van der Waals surface area contributed by atoms with Crippen molar-refractivity contribution in [2.45, 2.75) is 18.9 Å². The van der Waals surface area contributed by atoms with Gasteiger partial charge in [-0.2, -0.15) is 0 Å². The highest BCUT2D eigenvalue weighted by molar-refractivity contribution is 9.10. The zero-order chi connectivity index (χ0) is 14.1. The van der Waals surface area contributed by atoms with Crippen LogP contribution in [0.5, 0.6) is 5.75 Å². The van der Waals surface area contributed by atoms with Crippen LogP contribution in [0.2, 0.25) is 5.02 Å². The second kappa shape index (κ2) is 5.76. The molecule has 104 valence electrons. The molecule has 0 fully saturated rings. The summed E-state index contributed by atoms with van der Waals surface area (Å²) < 4.78 is 6.69. The van der Waals surface area contributed by atoms with Crippen molar-refractivity contribution >= 4 is 27.5 Å². The molecule has 2 aromatic carbocycles. The molecule has 2 aromatic rings. The van der Waals surface area contributed by atoms with Gasteiger partial charge in [-0.3, -0.25) is 0 Å². The number of rotatable bonds is 2. The average Bonchev–Trinajstić information content (AvgIpc) is 2.49. The van der Waals surface area contributed by atoms with Gasteiger partial charge in [0.2, 0.25) is 0 Å². The molecular formula is C16H15BrClNO. The highest BCUT2D eigenvalue weighted by Gasteiger charge is 2.20. The summed E-state index contributed by atoms with van der Waals surface area (Å²) in [6, 6.07) is 11.8. The first-order valence-corrected chi connectivity index (χ1v) is 7.79. The Labute approximate surface area is 132 Å². The lowest BCUT2D eigenvalue weighted by Crippen LogP contribution is -2.17. The van der Waals surface area contributed by atoms with Gasteiger partial charge in [0.15, 0.2) is 0 Å². The number of ether oxygens (including phenoxy) is 1. The Morgan fingerprint density at radius 1 is 1.25 bits per heavy atom. The lowest BCUT2D eigenvalue weighted by atomic mass is 9.94. The summed E-state index contributed by atoms with van der Waals surface area (Å²) >= 11 is 9.48. The molecule has 4 heteroatoms. The Balaban J connectivity index is 2.02. The Morgan fingerprint density at radius 3 is 2.90 bits per heavy atom. The minimum atomic E-state index is -0.211. The molecule has 3 rings (SSSR count). The van der Waals surface area contributed by atoms with Crippen molar-refractivity contribution in [1.29, 1.82) is 0 Å². The van der Waals surface area contributed by atoms with Crippen LogP contribution in [0.3, 0.4) is 0 Å². The largest absolute Gasteiger partial charge is 0.493 e. The molecule has 1 unspecified atom stereocenters. The van der Waals surface area contributed by atoms with E-state index in [0.29, 0.717) is 5.02 Å². The number of para-hydroxylation sites is 1. The molecule has 0 spiro atoms. The maximum Gasteiger partial charge on any atom is 0.127 e. The number of halogens is 2. The number of nitrogens with two attached hydrogens (primary N) is 1. The molecule has 0 saturated carbocycles. The molecule has 20 heavy (non-hydrogen) atoms. The minimum absolute atomic E-state index is 0.211. The van der Waals surface area contributed by atoms with Gasteiger partial charge in [0.1, 0.15) is 5.75 Å². The SMILES string of the molecule is NC(c1ccc(Cl)c(Br)c1)c1cccc2c1OCCC2. The Kier molecular flexibility index (Phi) is 4.01. The van der Waals surface area contributed by atoms with Gasteiger partial charge in [0.25, 0.3) is 0 Å². The van der Waals surface area contributed by atoms with Crippen molar-refractivity contribution in [2.75, 3.05) is 6.61 Å². The van der Waals surface area contributed by atoms with Gasteiger partial charge in [-0.25, -0.2) is 0 Å². The van der Waals surface area contributed by atoms with Crippen LogP contribution in [0.1, 0.15) is 29.2 Å². The van der Waals surface area contributed by atoms with Crippen LogP contribution >= 0.6 is 27.5 Å². The van der Waals surface area contributed by atoms with Crippen molar-refractivity contribution in [3.05, 3.63) is 62.6 Å². The van der Waals surface area contributed by atoms with Gasteiger partial charge in [-0.15, -0.1) is 0 Å². The van der Waals surface area contributed by atoms with Gasteiger partial charge >= 0.3 is 0 Å². The molecule has 1 atom stereocenters. The number of aryl methyl sites for hydroxylation is 1. The fraction of sp³-hybridized carbons (Fsp3) is 0.250. The summed E-state index contributed by atoms with van der Waals surface area (Å²) in [6.45, 7) is 0.765. The first-order chi connectivity index (χ1) is 9.66. The van der Waals surface area contributed by atoms with Crippen molar-refractivity contribution in [3.8, 4) is 5.75 Å². The van der Waals surface area contributed by atoms with E-state index >= 15 is 0 Å². The van der Waals surface area contributed by atoms with E-state index in [0.717, 1.165) is 40.8 Å². The van der Waals surface area contributed by atoms with Gasteiger partial charge in [0.05, 0.1) is 17.7 Å². The summed E-state index contributed by atoms with van der Waals surface area (Å²) in [5, 5.41) is 0.687. The number of fused-ring (bicyclic) bond motifs is 1. The van der Waals surface area contributed by atoms with Crippen molar-refractivity contribution in [2.24, 2.45) is 5.73 Å². The van der Waals surface area contributed by atoms with Crippen molar-refractivity contribution < 1.29 is 4.74 Å². The zero-order valence-electron chi connectivity index (χ0n) is 10.9. The molecule has 1 aliphatic rings. The van der Waals surface area contributed by atoms with Gasteiger partial charge in [-0.05, 0) is 52.0 Å². The molecule has 0 bridgehead atoms. The Bertz CT molecular complexity index is 644. The van der Waals surface area contributed by atoms with Crippen LogP contribution < -0.4 is 10.5 Å². The number of hydrogen-bond donors (Lipinski definition) is 1. The molecule has 1 aliphatic heterocycles. The van der Waals surface area contributed by atoms with Crippen LogP contribution in [-0.2, 0) is 6.42 Å². The van der Waals surface area contributed by atoms with E-state index < -0.39 is 0 Å². The van der Waals surface area contributed by atoms with Gasteiger partial charge in [-0.1, -0.05) is 35.9 Å². The zero-order valence-corrected chi connectivity index (χ0v) is 13.2. The van der Waals surface area contributed by atoms with Crippen molar-refractivity contribution in [3.63, 3.8) is 0 Å². The maximum atomic E-state index is 6.42. The molecule has 0 aliphatic carbocycles. The molecule has 0 amide bonds. The molecule has 1 heterocycles. The third-order valence-corrected chi connectivity index (χ3v) is 4.82. The van der Waals surface area contributed by atoms with Crippen LogP contribution in [0, 0.1) is 0 Å². The summed E-state index contributed by atoms with van der Waals surface area (Å²) in [5.41, 5.74) is 9.72. The van der Waals surface area contributed by atoms with Crippen LogP contribution in [0.15, 0.2) is 40.9 Å². The summed E-state index contributed by atoms with van der Waals surface area (Å²) in [6.07, 6.45) is 2.12. The van der Waals surface area contributed by atoms with E-state index in [1.807, 2.05) is 30.3 Å². The predicted molar refractivity (Wildman–Crippen MR) is 85.4 cm³/mol. The van der Waals surface area contributed by atoms with E-state index in [9.17, 15) is 0 Å². The third-order valence-electron chi connectivity index (χ3n) is 3.60. The number of hydrogen-bond acceptors (Lipinski definition) is 2. The van der Waals surface area contributed by atoms with Crippen LogP contribution in [-0.4, -0.2) is 6.61 Å². The molecule has 2 N–H and O–H groups in total. The average molecular weight is 353 g/mol. The fourth-order valence-electron chi connectivity index (χ4n) is 2.54. The maximum absolute atomic E-state index is 6.42. The summed E-state index contributed by atoms with van der Waals surface area (Å²) in [7, 11) is 0. The van der Waals surface area contributed by atoms with Gasteiger partial charge < -0.3 is 10.5 Å². The monoisotopic (exact) mass is 351 g/mol. The van der Waals surface area contributed by atoms with Crippen LogP contribution in [0.4, 0.5) is 0 Å². The third kappa shape index (κ3) is 2.58. The van der Waals surface area contributed by atoms with Crippen molar-refractivity contribution in [1.82, 2.24) is 0 Å². The summed E-state index contributed by atoms with van der Waals surface area (Å²) in [4.78, 5) is 0. The van der Waals surface area contributed by atoms with Crippen LogP contribution in [0.25, 0.3) is 0 Å². The quantitative estimate of drug-likeness (QED) is 0.865. The van der Waals surface area contributed by atoms with E-state index in [-0.39, 0.29) is 6.04 Å². The standard InChI is InChI=1S/C16H15BrClNO/c17-13-9-11(6-7-14(13)18)15(19)12-5-1-3-10-4-2-8-20-16(10)12/h1,3,5-7,9,15H,2,4,8,19H2. The van der Waals surface area contributed by atoms with Gasteiger partial charge in [0, 0.05) is 10.0 Å². The second-order valence-electron chi connectivity index (χ2n) is 4.94. The summed E-state index contributed by atoms with van der Waals surface area (Å²) in [5.74, 6) is 0.956. The second-order valence-corrected chi connectivity index (χ2v) is 6.20. The molecule has 0 saturated heterocycles. The minimum Gasteiger partial charge on any atom is -0.493 e. The molecule has 0 aromatic heterocycles. The van der Waals surface area contributed by atoms with E-state index in [1.165, 1.54) is 5.56 Å². The topological polar surface area (TPSA) is 35.2 Å². The highest BCUT2D eigenvalue weighted by atomic mass is 79.9. The highest BCUT2D eigenvalue weighted by Crippen LogP contribution is 2.35. The van der Waals surface area contributed by atoms with E-state index in [1.54, 1.807) is 0 Å². The fourth-order valence-corrected chi connectivity index (χ4v) is 3.06. The molecular weight excluding hydrogens is 338 g/mol. The number of benzene rings is 2. The predicted octanol–water partition coefficient (Wildman–Crippen LogP) is 4.48. The Hall–Kier alpha value is -1.03. The van der Waals surface area contributed by atoms with E-state index in [2.05, 4.69) is 22.0 Å². The Morgan fingerprint density at radius 2 is 2.10 bits per heavy atom. The lowest BCUT2D eigenvalue weighted by molar-refractivity contribution is 0.284. The smallest absolute Gasteiger partial charge is 0.127 e.